The summed E-state index contributed by atoms with van der Waals surface area (Å²) >= 11 is 0. The standard InChI is InChI=1S/C13H18N4O3/c1-10(18)16-11-3-2-4-17(7-11)13(19)8-20-12-5-14-9-15-6-12/h5-6,9,11H,2-4,7-8H2,1H3,(H,16,18). The van der Waals surface area contributed by atoms with Gasteiger partial charge in [-0.05, 0) is 12.8 Å². The lowest BCUT2D eigenvalue weighted by Gasteiger charge is -2.32. The second-order valence-corrected chi connectivity index (χ2v) is 4.74. The van der Waals surface area contributed by atoms with Gasteiger partial charge < -0.3 is 15.0 Å². The molecule has 20 heavy (non-hydrogen) atoms. The van der Waals surface area contributed by atoms with E-state index in [0.29, 0.717) is 18.8 Å². The number of hydrogen-bond acceptors (Lipinski definition) is 5. The molecule has 1 atom stereocenters. The Morgan fingerprint density at radius 2 is 2.20 bits per heavy atom. The highest BCUT2D eigenvalue weighted by Crippen LogP contribution is 2.11. The number of likely N-dealkylation sites (tertiary alicyclic amines) is 1. The molecule has 2 amide bonds. The number of nitrogens with one attached hydrogen (secondary N) is 1. The van der Waals surface area contributed by atoms with E-state index in [2.05, 4.69) is 15.3 Å². The number of carbonyl (C=O) groups excluding carboxylic acids is 2. The number of hydrogen-bond donors (Lipinski definition) is 1. The summed E-state index contributed by atoms with van der Waals surface area (Å²) < 4.78 is 5.33. The molecule has 0 aromatic carbocycles. The first-order valence-corrected chi connectivity index (χ1v) is 6.58. The third kappa shape index (κ3) is 4.18. The highest BCUT2D eigenvalue weighted by Gasteiger charge is 2.24. The maximum Gasteiger partial charge on any atom is 0.260 e. The van der Waals surface area contributed by atoms with Crippen LogP contribution < -0.4 is 10.1 Å². The van der Waals surface area contributed by atoms with E-state index in [1.54, 1.807) is 4.90 Å². The molecule has 0 radical (unpaired) electrons. The van der Waals surface area contributed by atoms with Crippen molar-refractivity contribution in [2.75, 3.05) is 19.7 Å². The fourth-order valence-electron chi connectivity index (χ4n) is 2.21. The fraction of sp³-hybridized carbons (Fsp3) is 0.538. The van der Waals surface area contributed by atoms with Crippen molar-refractivity contribution in [2.24, 2.45) is 0 Å². The molecule has 7 heteroatoms. The lowest BCUT2D eigenvalue weighted by Crippen LogP contribution is -2.50. The van der Waals surface area contributed by atoms with Gasteiger partial charge in [0.1, 0.15) is 6.33 Å². The van der Waals surface area contributed by atoms with Crippen molar-refractivity contribution < 1.29 is 14.3 Å². The normalized spacial score (nSPS) is 18.4. The molecule has 2 heterocycles. The van der Waals surface area contributed by atoms with Gasteiger partial charge in [-0.15, -0.1) is 0 Å². The minimum Gasteiger partial charge on any atom is -0.481 e. The molecule has 2 rings (SSSR count). The monoisotopic (exact) mass is 278 g/mol. The van der Waals surface area contributed by atoms with Crippen molar-refractivity contribution >= 4 is 11.8 Å². The van der Waals surface area contributed by atoms with Gasteiger partial charge in [0.2, 0.25) is 5.91 Å². The Morgan fingerprint density at radius 1 is 1.45 bits per heavy atom. The lowest BCUT2D eigenvalue weighted by molar-refractivity contribution is -0.135. The topological polar surface area (TPSA) is 84.4 Å². The van der Waals surface area contributed by atoms with Crippen LogP contribution in [-0.4, -0.2) is 52.4 Å². The zero-order valence-electron chi connectivity index (χ0n) is 11.4. The third-order valence-electron chi connectivity index (χ3n) is 3.08. The predicted octanol–water partition coefficient (Wildman–Crippen LogP) is -0.0175. The maximum atomic E-state index is 12.1. The van der Waals surface area contributed by atoms with E-state index in [9.17, 15) is 9.59 Å². The van der Waals surface area contributed by atoms with E-state index in [1.807, 2.05) is 0 Å². The van der Waals surface area contributed by atoms with Crippen LogP contribution in [0, 0.1) is 0 Å². The largest absolute Gasteiger partial charge is 0.481 e. The van der Waals surface area contributed by atoms with Crippen LogP contribution in [0.15, 0.2) is 18.7 Å². The van der Waals surface area contributed by atoms with E-state index >= 15 is 0 Å². The molecule has 1 unspecified atom stereocenters. The number of piperidine rings is 1. The number of rotatable bonds is 4. The Balaban J connectivity index is 1.81. The van der Waals surface area contributed by atoms with Gasteiger partial charge in [-0.1, -0.05) is 0 Å². The van der Waals surface area contributed by atoms with Crippen molar-refractivity contribution in [1.82, 2.24) is 20.2 Å². The summed E-state index contributed by atoms with van der Waals surface area (Å²) in [4.78, 5) is 32.4. The Kier molecular flexibility index (Phi) is 4.86. The van der Waals surface area contributed by atoms with Gasteiger partial charge in [0.05, 0.1) is 12.4 Å². The van der Waals surface area contributed by atoms with Crippen LogP contribution in [0.3, 0.4) is 0 Å². The Hall–Kier alpha value is -2.18. The van der Waals surface area contributed by atoms with Crippen molar-refractivity contribution in [3.05, 3.63) is 18.7 Å². The molecule has 1 aliphatic rings. The van der Waals surface area contributed by atoms with Gasteiger partial charge in [0.15, 0.2) is 12.4 Å². The van der Waals surface area contributed by atoms with E-state index in [-0.39, 0.29) is 24.5 Å². The maximum absolute atomic E-state index is 12.1. The van der Waals surface area contributed by atoms with E-state index < -0.39 is 0 Å². The first-order valence-electron chi connectivity index (χ1n) is 6.58. The molecule has 1 aromatic heterocycles. The smallest absolute Gasteiger partial charge is 0.260 e. The Bertz CT molecular complexity index is 466. The Morgan fingerprint density at radius 3 is 2.90 bits per heavy atom. The molecule has 108 valence electrons. The molecule has 1 N–H and O–H groups in total. The van der Waals surface area contributed by atoms with Crippen LogP contribution in [0.25, 0.3) is 0 Å². The molecule has 7 nitrogen and oxygen atoms in total. The average molecular weight is 278 g/mol. The summed E-state index contributed by atoms with van der Waals surface area (Å²) in [5.41, 5.74) is 0. The molecular formula is C13H18N4O3. The van der Waals surface area contributed by atoms with Crippen molar-refractivity contribution in [2.45, 2.75) is 25.8 Å². The van der Waals surface area contributed by atoms with Crippen LogP contribution in [0.2, 0.25) is 0 Å². The van der Waals surface area contributed by atoms with Crippen LogP contribution in [0.1, 0.15) is 19.8 Å². The minimum absolute atomic E-state index is 0.0326. The van der Waals surface area contributed by atoms with Crippen LogP contribution >= 0.6 is 0 Å². The van der Waals surface area contributed by atoms with E-state index in [4.69, 9.17) is 4.74 Å². The molecule has 0 saturated carbocycles. The Labute approximate surface area is 117 Å². The molecule has 1 aliphatic heterocycles. The first-order chi connectivity index (χ1) is 9.65. The van der Waals surface area contributed by atoms with Crippen molar-refractivity contribution in [3.8, 4) is 5.75 Å². The summed E-state index contributed by atoms with van der Waals surface area (Å²) in [6.45, 7) is 2.68. The number of amides is 2. The molecular weight excluding hydrogens is 260 g/mol. The van der Waals surface area contributed by atoms with E-state index in [0.717, 1.165) is 12.8 Å². The molecule has 1 fully saturated rings. The van der Waals surface area contributed by atoms with Crippen molar-refractivity contribution in [1.29, 1.82) is 0 Å². The second kappa shape index (κ2) is 6.83. The zero-order chi connectivity index (χ0) is 14.4. The predicted molar refractivity (Wildman–Crippen MR) is 70.9 cm³/mol. The van der Waals surface area contributed by atoms with Gasteiger partial charge in [-0.2, -0.15) is 0 Å². The summed E-state index contributed by atoms with van der Waals surface area (Å²) in [6.07, 6.45) is 6.20. The highest BCUT2D eigenvalue weighted by atomic mass is 16.5. The fourth-order valence-corrected chi connectivity index (χ4v) is 2.21. The molecule has 0 aliphatic carbocycles. The zero-order valence-corrected chi connectivity index (χ0v) is 11.4. The molecule has 0 bridgehead atoms. The SMILES string of the molecule is CC(=O)NC1CCCN(C(=O)COc2cncnc2)C1. The molecule has 0 spiro atoms. The third-order valence-corrected chi connectivity index (χ3v) is 3.08. The van der Waals surface area contributed by atoms with Gasteiger partial charge in [0.25, 0.3) is 5.91 Å². The quantitative estimate of drug-likeness (QED) is 0.837. The number of nitrogens with zero attached hydrogens (tertiary/aromatic N) is 3. The summed E-state index contributed by atoms with van der Waals surface area (Å²) in [7, 11) is 0. The number of carbonyl (C=O) groups is 2. The molecule has 1 saturated heterocycles. The van der Waals surface area contributed by atoms with Crippen LogP contribution in [0.4, 0.5) is 0 Å². The average Bonchev–Trinajstić information content (AvgIpc) is 2.45. The summed E-state index contributed by atoms with van der Waals surface area (Å²) in [6, 6.07) is 0.0326. The van der Waals surface area contributed by atoms with Gasteiger partial charge >= 0.3 is 0 Å². The summed E-state index contributed by atoms with van der Waals surface area (Å²) in [5.74, 6) is 0.308. The second-order valence-electron chi connectivity index (χ2n) is 4.74. The highest BCUT2D eigenvalue weighted by molar-refractivity contribution is 5.78. The summed E-state index contributed by atoms with van der Waals surface area (Å²) in [5, 5.41) is 2.85. The van der Waals surface area contributed by atoms with Gasteiger partial charge in [-0.3, -0.25) is 9.59 Å². The number of aromatic nitrogens is 2. The molecule has 1 aromatic rings. The van der Waals surface area contributed by atoms with Gasteiger partial charge in [0, 0.05) is 26.1 Å². The minimum atomic E-state index is -0.0936. The van der Waals surface area contributed by atoms with Gasteiger partial charge in [-0.25, -0.2) is 9.97 Å². The van der Waals surface area contributed by atoms with Crippen LogP contribution in [0.5, 0.6) is 5.75 Å². The first kappa shape index (κ1) is 14.2. The van der Waals surface area contributed by atoms with Crippen molar-refractivity contribution in [3.63, 3.8) is 0 Å². The van der Waals surface area contributed by atoms with Crippen LogP contribution in [-0.2, 0) is 9.59 Å². The lowest BCUT2D eigenvalue weighted by atomic mass is 10.1. The van der Waals surface area contributed by atoms with E-state index in [1.165, 1.54) is 25.6 Å². The number of ether oxygens (including phenoxy) is 1.